The van der Waals surface area contributed by atoms with Crippen molar-refractivity contribution in [2.75, 3.05) is 26.4 Å². The average Bonchev–Trinajstić information content (AvgIpc) is 2.24. The maximum atomic E-state index is 10.9. The number of esters is 1. The Labute approximate surface area is 92.3 Å². The van der Waals surface area contributed by atoms with E-state index in [4.69, 9.17) is 0 Å². The quantitative estimate of drug-likeness (QED) is 0.281. The first-order valence-electron chi connectivity index (χ1n) is 4.49. The highest BCUT2D eigenvalue weighted by Crippen LogP contribution is 1.92. The summed E-state index contributed by atoms with van der Waals surface area (Å²) in [5.74, 6) is -0.554. The zero-order chi connectivity index (χ0) is 12.4. The lowest BCUT2D eigenvalue weighted by molar-refractivity contribution is -0.140. The SMILES string of the molecule is C=C(C)C(=O)OCCOC(=O)OCCN=O. The van der Waals surface area contributed by atoms with Gasteiger partial charge in [-0.1, -0.05) is 11.8 Å². The smallest absolute Gasteiger partial charge is 0.459 e. The molecule has 0 aliphatic heterocycles. The second-order valence-electron chi connectivity index (χ2n) is 2.72. The van der Waals surface area contributed by atoms with E-state index in [-0.39, 0.29) is 31.9 Å². The Morgan fingerprint density at radius 2 is 1.69 bits per heavy atom. The Balaban J connectivity index is 3.44. The molecule has 0 N–H and O–H groups in total. The number of hydrogen-bond donors (Lipinski definition) is 0. The third-order valence-electron chi connectivity index (χ3n) is 1.29. The second-order valence-corrected chi connectivity index (χ2v) is 2.72. The van der Waals surface area contributed by atoms with Crippen LogP contribution in [0.2, 0.25) is 0 Å². The van der Waals surface area contributed by atoms with Gasteiger partial charge in [0.15, 0.2) is 0 Å². The molecule has 0 aromatic heterocycles. The molecule has 0 bridgehead atoms. The fourth-order valence-corrected chi connectivity index (χ4v) is 0.590. The van der Waals surface area contributed by atoms with Crippen LogP contribution in [0.15, 0.2) is 17.3 Å². The Bertz CT molecular complexity index is 275. The van der Waals surface area contributed by atoms with Crippen molar-refractivity contribution in [3.8, 4) is 0 Å². The van der Waals surface area contributed by atoms with Crippen LogP contribution in [0.3, 0.4) is 0 Å². The van der Waals surface area contributed by atoms with E-state index in [1.807, 2.05) is 0 Å². The highest BCUT2D eigenvalue weighted by Gasteiger charge is 2.05. The van der Waals surface area contributed by atoms with Crippen molar-refractivity contribution < 1.29 is 23.8 Å². The molecule has 0 amide bonds. The van der Waals surface area contributed by atoms with E-state index in [1.165, 1.54) is 6.92 Å². The molecule has 0 aromatic rings. The molecule has 16 heavy (non-hydrogen) atoms. The fraction of sp³-hybridized carbons (Fsp3) is 0.556. The van der Waals surface area contributed by atoms with Crippen LogP contribution >= 0.6 is 0 Å². The summed E-state index contributed by atoms with van der Waals surface area (Å²) in [5, 5.41) is 2.48. The van der Waals surface area contributed by atoms with E-state index < -0.39 is 12.1 Å². The number of carbonyl (C=O) groups is 2. The molecule has 0 radical (unpaired) electrons. The second kappa shape index (κ2) is 8.39. The first-order chi connectivity index (χ1) is 7.57. The lowest BCUT2D eigenvalue weighted by Gasteiger charge is -2.05. The van der Waals surface area contributed by atoms with Crippen molar-refractivity contribution in [2.45, 2.75) is 6.92 Å². The maximum absolute atomic E-state index is 10.9. The molecule has 0 atom stereocenters. The van der Waals surface area contributed by atoms with Crippen LogP contribution in [-0.2, 0) is 19.0 Å². The van der Waals surface area contributed by atoms with Crippen LogP contribution < -0.4 is 0 Å². The van der Waals surface area contributed by atoms with Crippen molar-refractivity contribution >= 4 is 12.1 Å². The Hall–Kier alpha value is -1.92. The Morgan fingerprint density at radius 3 is 2.25 bits per heavy atom. The van der Waals surface area contributed by atoms with Crippen LogP contribution in [0, 0.1) is 4.91 Å². The predicted molar refractivity (Wildman–Crippen MR) is 53.7 cm³/mol. The van der Waals surface area contributed by atoms with Gasteiger partial charge in [0.25, 0.3) is 0 Å². The molecule has 0 spiro atoms. The molecule has 0 heterocycles. The van der Waals surface area contributed by atoms with Gasteiger partial charge in [0, 0.05) is 5.57 Å². The molecular weight excluding hydrogens is 218 g/mol. The van der Waals surface area contributed by atoms with Crippen LogP contribution in [0.5, 0.6) is 0 Å². The molecule has 0 fully saturated rings. The summed E-state index contributed by atoms with van der Waals surface area (Å²) in [6.45, 7) is 4.42. The number of hydrogen-bond acceptors (Lipinski definition) is 7. The van der Waals surface area contributed by atoms with Gasteiger partial charge in [0.05, 0.1) is 0 Å². The standard InChI is InChI=1S/C9H13NO6/c1-7(2)8(11)14-5-6-16-9(12)15-4-3-10-13/h1,3-6H2,2H3. The lowest BCUT2D eigenvalue weighted by atomic mass is 10.4. The third kappa shape index (κ3) is 7.48. The van der Waals surface area contributed by atoms with Crippen molar-refractivity contribution in [1.82, 2.24) is 0 Å². The molecule has 90 valence electrons. The van der Waals surface area contributed by atoms with E-state index >= 15 is 0 Å². The number of nitrogens with zero attached hydrogens (tertiary/aromatic N) is 1. The number of rotatable bonds is 7. The minimum absolute atomic E-state index is 0.0767. The number of ether oxygens (including phenoxy) is 3. The van der Waals surface area contributed by atoms with Gasteiger partial charge < -0.3 is 14.2 Å². The van der Waals surface area contributed by atoms with Gasteiger partial charge in [0.1, 0.15) is 26.4 Å². The summed E-state index contributed by atoms with van der Waals surface area (Å²) in [7, 11) is 0. The van der Waals surface area contributed by atoms with Gasteiger partial charge in [-0.3, -0.25) is 0 Å². The molecule has 0 aliphatic carbocycles. The molecule has 7 heteroatoms. The maximum Gasteiger partial charge on any atom is 0.508 e. The van der Waals surface area contributed by atoms with Gasteiger partial charge in [-0.2, -0.15) is 4.91 Å². The van der Waals surface area contributed by atoms with Gasteiger partial charge in [-0.15, -0.1) is 0 Å². The van der Waals surface area contributed by atoms with Gasteiger partial charge in [0.2, 0.25) is 0 Å². The highest BCUT2D eigenvalue weighted by atomic mass is 16.7. The normalized spacial score (nSPS) is 9.06. The first-order valence-corrected chi connectivity index (χ1v) is 4.49. The van der Waals surface area contributed by atoms with E-state index in [9.17, 15) is 14.5 Å². The summed E-state index contributed by atoms with van der Waals surface area (Å²) >= 11 is 0. The van der Waals surface area contributed by atoms with Crippen LogP contribution in [0.1, 0.15) is 6.92 Å². The average molecular weight is 231 g/mol. The van der Waals surface area contributed by atoms with Gasteiger partial charge in [-0.05, 0) is 6.92 Å². The van der Waals surface area contributed by atoms with Crippen molar-refractivity contribution in [2.24, 2.45) is 5.18 Å². The van der Waals surface area contributed by atoms with E-state index in [0.29, 0.717) is 0 Å². The van der Waals surface area contributed by atoms with Crippen molar-refractivity contribution in [1.29, 1.82) is 0 Å². The minimum Gasteiger partial charge on any atom is -0.459 e. The summed E-state index contributed by atoms with van der Waals surface area (Å²) in [5.41, 5.74) is 0.264. The first kappa shape index (κ1) is 14.1. The number of carbonyl (C=O) groups excluding carboxylic acids is 2. The third-order valence-corrected chi connectivity index (χ3v) is 1.29. The summed E-state index contributed by atoms with van der Waals surface area (Å²) in [6.07, 6.45) is -0.935. The van der Waals surface area contributed by atoms with E-state index in [2.05, 4.69) is 26.0 Å². The molecule has 0 aromatic carbocycles. The molecular formula is C9H13NO6. The predicted octanol–water partition coefficient (Wildman–Crippen LogP) is 1.03. The van der Waals surface area contributed by atoms with E-state index in [1.54, 1.807) is 0 Å². The van der Waals surface area contributed by atoms with Gasteiger partial charge in [-0.25, -0.2) is 9.59 Å². The minimum atomic E-state index is -0.935. The largest absolute Gasteiger partial charge is 0.508 e. The fourth-order valence-electron chi connectivity index (χ4n) is 0.590. The zero-order valence-electron chi connectivity index (χ0n) is 8.93. The molecule has 7 nitrogen and oxygen atoms in total. The van der Waals surface area contributed by atoms with Crippen LogP contribution in [0.25, 0.3) is 0 Å². The lowest BCUT2D eigenvalue weighted by Crippen LogP contribution is -2.15. The van der Waals surface area contributed by atoms with Gasteiger partial charge >= 0.3 is 12.1 Å². The summed E-state index contributed by atoms with van der Waals surface area (Å²) in [6, 6.07) is 0. The number of nitroso groups, excluding NO2 is 1. The summed E-state index contributed by atoms with van der Waals surface area (Å²) in [4.78, 5) is 31.2. The Morgan fingerprint density at radius 1 is 1.12 bits per heavy atom. The van der Waals surface area contributed by atoms with Crippen LogP contribution in [-0.4, -0.2) is 38.5 Å². The summed E-state index contributed by atoms with van der Waals surface area (Å²) < 4.78 is 13.6. The van der Waals surface area contributed by atoms with E-state index in [0.717, 1.165) is 0 Å². The topological polar surface area (TPSA) is 91.3 Å². The monoisotopic (exact) mass is 231 g/mol. The molecule has 0 unspecified atom stereocenters. The van der Waals surface area contributed by atoms with Crippen LogP contribution in [0.4, 0.5) is 4.79 Å². The van der Waals surface area contributed by atoms with Crippen molar-refractivity contribution in [3.05, 3.63) is 17.1 Å². The highest BCUT2D eigenvalue weighted by molar-refractivity contribution is 5.86. The molecule has 0 aliphatic rings. The molecule has 0 saturated carbocycles. The molecule has 0 rings (SSSR count). The van der Waals surface area contributed by atoms with Crippen molar-refractivity contribution in [3.63, 3.8) is 0 Å². The Kier molecular flexibility index (Phi) is 7.39. The molecule has 0 saturated heterocycles. The zero-order valence-corrected chi connectivity index (χ0v) is 8.93.